The lowest BCUT2D eigenvalue weighted by atomic mass is 9.97. The third-order valence-electron chi connectivity index (χ3n) is 19.8. The zero-order valence-corrected chi connectivity index (χ0v) is 65.6. The van der Waals surface area contributed by atoms with E-state index in [0.29, 0.717) is 86.2 Å². The fraction of sp³-hybridized carbons (Fsp3) is 0.409. The topological polar surface area (TPSA) is 335 Å². The Labute approximate surface area is 660 Å². The molecule has 598 valence electrons. The summed E-state index contributed by atoms with van der Waals surface area (Å²) in [6.07, 6.45) is 6.47. The second kappa shape index (κ2) is 43.2. The van der Waals surface area contributed by atoms with Crippen LogP contribution < -0.4 is 42.5 Å². The highest BCUT2D eigenvalue weighted by Gasteiger charge is 2.37. The van der Waals surface area contributed by atoms with Gasteiger partial charge in [0.15, 0.2) is 0 Å². The van der Waals surface area contributed by atoms with E-state index in [0.717, 1.165) is 99.4 Å². The SMILES string of the molecule is CCCNC(=O)CCCC(=O)Nc1ccc2c(c1)C(COC(=O)N(CCCc1cccc(C)c1)[C@H](C)c1cccc3ccccc13)c1cc(NC(=O)CCCC(=O)NCCC)ccc1-2.CCCNC(=O)CCCC(=O)Nc1ccc2c(c1)C(COC(=O)ON1C(=O)CCC1=O)c1cc(NC(=O)CCCC(=O)NCCC)ccc1-2. The summed E-state index contributed by atoms with van der Waals surface area (Å²) in [5.74, 6) is -3.49. The summed E-state index contributed by atoms with van der Waals surface area (Å²) in [6.45, 7) is 14.7. The van der Waals surface area contributed by atoms with Crippen molar-refractivity contribution in [3.8, 4) is 22.3 Å². The zero-order valence-electron chi connectivity index (χ0n) is 65.6. The predicted octanol–water partition coefficient (Wildman–Crippen LogP) is 14.6. The molecular formula is C88H106N10O15. The molecular weight excluding hydrogens is 1440 g/mol. The van der Waals surface area contributed by atoms with Crippen molar-refractivity contribution >= 4 is 105 Å². The largest absolute Gasteiger partial charge is 0.533 e. The van der Waals surface area contributed by atoms with Crippen LogP contribution in [0.3, 0.4) is 0 Å². The molecule has 1 saturated heterocycles. The van der Waals surface area contributed by atoms with E-state index in [1.807, 2.05) is 99.3 Å². The Hall–Kier alpha value is -11.8. The number of benzene rings is 7. The molecule has 0 unspecified atom stereocenters. The fourth-order valence-electron chi connectivity index (χ4n) is 14.0. The first-order valence-electron chi connectivity index (χ1n) is 39.6. The number of carbonyl (C=O) groups excluding carboxylic acids is 12. The van der Waals surface area contributed by atoms with Crippen molar-refractivity contribution in [1.82, 2.24) is 31.2 Å². The number of fused-ring (bicyclic) bond motifs is 7. The van der Waals surface area contributed by atoms with Crippen LogP contribution in [-0.4, -0.2) is 127 Å². The van der Waals surface area contributed by atoms with E-state index < -0.39 is 35.9 Å². The molecule has 1 heterocycles. The van der Waals surface area contributed by atoms with Crippen molar-refractivity contribution < 1.29 is 71.8 Å². The van der Waals surface area contributed by atoms with Gasteiger partial charge in [0.2, 0.25) is 47.3 Å². The monoisotopic (exact) mass is 1540 g/mol. The van der Waals surface area contributed by atoms with E-state index in [1.54, 1.807) is 24.3 Å². The molecule has 2 aliphatic carbocycles. The van der Waals surface area contributed by atoms with Crippen LogP contribution in [0, 0.1) is 6.92 Å². The first-order chi connectivity index (χ1) is 54.6. The minimum atomic E-state index is -1.22. The van der Waals surface area contributed by atoms with Crippen LogP contribution in [0.5, 0.6) is 0 Å². The quantitative estimate of drug-likeness (QED) is 0.0131. The second-order valence-electron chi connectivity index (χ2n) is 28.7. The number of nitrogens with zero attached hydrogens (tertiary/aromatic N) is 2. The fourth-order valence-corrected chi connectivity index (χ4v) is 14.0. The Kier molecular flexibility index (Phi) is 32.6. The third-order valence-corrected chi connectivity index (χ3v) is 19.8. The van der Waals surface area contributed by atoms with Crippen LogP contribution in [0.1, 0.15) is 213 Å². The number of hydroxylamine groups is 2. The Morgan fingerprint density at radius 2 is 0.805 bits per heavy atom. The average Bonchev–Trinajstić information content (AvgIpc) is 1.61. The van der Waals surface area contributed by atoms with Crippen LogP contribution in [0.25, 0.3) is 33.0 Å². The van der Waals surface area contributed by atoms with Crippen molar-refractivity contribution in [3.63, 3.8) is 0 Å². The van der Waals surface area contributed by atoms with Gasteiger partial charge < -0.3 is 56.9 Å². The molecule has 0 aromatic heterocycles. The van der Waals surface area contributed by atoms with Gasteiger partial charge in [0.25, 0.3) is 11.8 Å². The number of ether oxygens (including phenoxy) is 2. The van der Waals surface area contributed by atoms with Crippen molar-refractivity contribution in [1.29, 1.82) is 0 Å². The van der Waals surface area contributed by atoms with E-state index in [2.05, 4.69) is 105 Å². The van der Waals surface area contributed by atoms with Gasteiger partial charge in [-0.2, -0.15) is 0 Å². The summed E-state index contributed by atoms with van der Waals surface area (Å²) in [4.78, 5) is 157. The number of anilines is 4. The number of amides is 11. The highest BCUT2D eigenvalue weighted by molar-refractivity contribution is 6.02. The molecule has 1 aliphatic heterocycles. The molecule has 0 bridgehead atoms. The highest BCUT2D eigenvalue weighted by Crippen LogP contribution is 2.49. The van der Waals surface area contributed by atoms with Crippen LogP contribution in [0.4, 0.5) is 32.3 Å². The smallest absolute Gasteiger partial charge is 0.448 e. The van der Waals surface area contributed by atoms with E-state index in [4.69, 9.17) is 14.3 Å². The van der Waals surface area contributed by atoms with Crippen molar-refractivity contribution in [3.05, 3.63) is 178 Å². The van der Waals surface area contributed by atoms with Gasteiger partial charge in [0.1, 0.15) is 13.2 Å². The summed E-state index contributed by atoms with van der Waals surface area (Å²) in [5.41, 5.74) is 12.4. The van der Waals surface area contributed by atoms with Crippen LogP contribution in [0.15, 0.2) is 140 Å². The second-order valence-corrected chi connectivity index (χ2v) is 28.7. The molecule has 0 saturated carbocycles. The molecule has 113 heavy (non-hydrogen) atoms. The van der Waals surface area contributed by atoms with Gasteiger partial charge in [-0.25, -0.2) is 9.59 Å². The van der Waals surface area contributed by atoms with E-state index in [-0.39, 0.29) is 131 Å². The molecule has 0 spiro atoms. The normalized spacial score (nSPS) is 12.7. The summed E-state index contributed by atoms with van der Waals surface area (Å²) < 4.78 is 11.8. The van der Waals surface area contributed by atoms with Gasteiger partial charge in [-0.05, 0) is 193 Å². The molecule has 1 atom stereocenters. The van der Waals surface area contributed by atoms with Crippen LogP contribution in [-0.2, 0) is 68.7 Å². The first-order valence-corrected chi connectivity index (χ1v) is 39.6. The van der Waals surface area contributed by atoms with Gasteiger partial charge in [0, 0.05) is 132 Å². The lowest BCUT2D eigenvalue weighted by Crippen LogP contribution is -2.36. The summed E-state index contributed by atoms with van der Waals surface area (Å²) >= 11 is 0. The number of carbonyl (C=O) groups is 12. The Bertz CT molecular complexity index is 4380. The minimum absolute atomic E-state index is 0.0179. The van der Waals surface area contributed by atoms with Gasteiger partial charge >= 0.3 is 12.2 Å². The molecule has 8 N–H and O–H groups in total. The maximum Gasteiger partial charge on any atom is 0.533 e. The van der Waals surface area contributed by atoms with Gasteiger partial charge in [0.05, 0.1) is 6.04 Å². The van der Waals surface area contributed by atoms with Gasteiger partial charge in [-0.3, -0.25) is 52.8 Å². The maximum atomic E-state index is 14.5. The first kappa shape index (κ1) is 85.2. The number of hydrogen-bond donors (Lipinski definition) is 8. The summed E-state index contributed by atoms with van der Waals surface area (Å²) in [5, 5.41) is 25.6. The predicted molar refractivity (Wildman–Crippen MR) is 434 cm³/mol. The number of aryl methyl sites for hydroxylation is 2. The molecule has 7 aromatic rings. The van der Waals surface area contributed by atoms with E-state index in [1.165, 1.54) is 11.1 Å². The molecule has 0 radical (unpaired) electrons. The average molecular weight is 1540 g/mol. The molecule has 25 heteroatoms. The Balaban J connectivity index is 0.000000269. The molecule has 10 rings (SSSR count). The van der Waals surface area contributed by atoms with E-state index >= 15 is 0 Å². The maximum absolute atomic E-state index is 14.5. The Morgan fingerprint density at radius 3 is 1.20 bits per heavy atom. The van der Waals surface area contributed by atoms with Crippen molar-refractivity contribution in [2.45, 2.75) is 188 Å². The third kappa shape index (κ3) is 25.1. The zero-order chi connectivity index (χ0) is 80.8. The Morgan fingerprint density at radius 1 is 0.434 bits per heavy atom. The summed E-state index contributed by atoms with van der Waals surface area (Å²) in [7, 11) is 0. The highest BCUT2D eigenvalue weighted by atomic mass is 16.8. The lowest BCUT2D eigenvalue weighted by molar-refractivity contribution is -0.177. The van der Waals surface area contributed by atoms with E-state index in [9.17, 15) is 57.5 Å². The summed E-state index contributed by atoms with van der Waals surface area (Å²) in [6, 6.07) is 44.8. The number of rotatable bonds is 39. The van der Waals surface area contributed by atoms with Crippen molar-refractivity contribution in [2.24, 2.45) is 0 Å². The van der Waals surface area contributed by atoms with Gasteiger partial charge in [-0.15, -0.1) is 0 Å². The molecule has 1 fully saturated rings. The van der Waals surface area contributed by atoms with Crippen LogP contribution >= 0.6 is 0 Å². The van der Waals surface area contributed by atoms with Gasteiger partial charge in [-0.1, -0.05) is 129 Å². The minimum Gasteiger partial charge on any atom is -0.448 e. The molecule has 11 amide bonds. The van der Waals surface area contributed by atoms with Crippen molar-refractivity contribution in [2.75, 3.05) is 67.2 Å². The standard InChI is InChI=1S/C53H63N5O6.C35H43N5O9/c1-5-29-54-49(59)21-11-23-51(61)56-40-25-27-44-45-28-26-41(57-52(62)24-12-22-50(60)55-30-6-2)34-47(45)48(46(44)33-40)35-64-53(63)58(31-13-16-38-15-9-14-36(3)32-38)37(4)42-20-10-18-39-17-7-8-19-43(39)42;1-3-17-36-29(41)7-5-9-31(43)38-22-11-13-24-25-14-12-23(39-32(44)10-6-8-30(42)37-18-4-2)20-27(25)28(26(24)19-22)21-48-35(47)49-40-33(45)15-16-34(40)46/h7-10,14-15,17-20,25-28,32-34,37,48H,5-6,11-13,16,21-24,29-31,35H2,1-4H3,(H,54,59)(H,55,60)(H,56,61)(H,57,62);11-14,19-20,28H,3-10,15-18,21H2,1-2H3,(H,36,41)(H,37,42)(H,38,43)(H,39,44)/t37-;/m1./s1. The number of nitrogens with one attached hydrogen (secondary N) is 8. The molecule has 7 aromatic carbocycles. The number of hydrogen-bond acceptors (Lipinski definition) is 15. The van der Waals surface area contributed by atoms with Crippen LogP contribution in [0.2, 0.25) is 0 Å². The molecule has 25 nitrogen and oxygen atoms in total. The number of imide groups is 1. The lowest BCUT2D eigenvalue weighted by Gasteiger charge is -2.30. The molecule has 3 aliphatic rings.